The van der Waals surface area contributed by atoms with E-state index >= 15 is 0 Å². The van der Waals surface area contributed by atoms with Gasteiger partial charge < -0.3 is 5.32 Å². The molecule has 0 aliphatic heterocycles. The van der Waals surface area contributed by atoms with E-state index in [4.69, 9.17) is 0 Å². The molecule has 0 aliphatic carbocycles. The van der Waals surface area contributed by atoms with Crippen LogP contribution in [0.3, 0.4) is 0 Å². The Morgan fingerprint density at radius 3 is 3.06 bits per heavy atom. The van der Waals surface area contributed by atoms with Gasteiger partial charge in [-0.25, -0.2) is 0 Å². The second-order valence-electron chi connectivity index (χ2n) is 3.94. The number of carbonyl (C=O) groups excluding carboxylic acids is 1. The average molecular weight is 281 g/mol. The maximum atomic E-state index is 12.0. The summed E-state index contributed by atoms with van der Waals surface area (Å²) in [5, 5.41) is 11.1. The summed E-state index contributed by atoms with van der Waals surface area (Å²) in [5.41, 5.74) is 2.08. The van der Waals surface area contributed by atoms with Crippen LogP contribution in [0.2, 0.25) is 0 Å². The molecule has 0 saturated heterocycles. The van der Waals surface area contributed by atoms with Gasteiger partial charge in [-0.3, -0.25) is 4.79 Å². The van der Waals surface area contributed by atoms with Gasteiger partial charge in [0.15, 0.2) is 0 Å². The third kappa shape index (κ3) is 3.36. The molecule has 4 nitrogen and oxygen atoms in total. The molecule has 0 aromatic carbocycles. The molecule has 1 N–H and O–H groups in total. The zero-order valence-corrected chi connectivity index (χ0v) is 11.8. The van der Waals surface area contributed by atoms with Gasteiger partial charge in [-0.2, -0.15) is 11.3 Å². The van der Waals surface area contributed by atoms with E-state index in [1.807, 2.05) is 5.38 Å². The van der Waals surface area contributed by atoms with E-state index in [9.17, 15) is 4.79 Å². The predicted octanol–water partition coefficient (Wildman–Crippen LogP) is 2.52. The third-order valence-corrected chi connectivity index (χ3v) is 4.03. The predicted molar refractivity (Wildman–Crippen MR) is 74.3 cm³/mol. The number of hydrogen-bond acceptors (Lipinski definition) is 5. The lowest BCUT2D eigenvalue weighted by Crippen LogP contribution is -2.25. The largest absolute Gasteiger partial charge is 0.351 e. The normalized spacial score (nSPS) is 10.5. The summed E-state index contributed by atoms with van der Waals surface area (Å²) in [7, 11) is 0. The van der Waals surface area contributed by atoms with Gasteiger partial charge in [0, 0.05) is 6.54 Å². The highest BCUT2D eigenvalue weighted by Crippen LogP contribution is 2.12. The van der Waals surface area contributed by atoms with Crippen LogP contribution in [0.5, 0.6) is 0 Å². The van der Waals surface area contributed by atoms with Crippen LogP contribution in [-0.4, -0.2) is 22.0 Å². The highest BCUT2D eigenvalue weighted by molar-refractivity contribution is 7.08. The number of nitrogens with zero attached hydrogens (tertiary/aromatic N) is 2. The van der Waals surface area contributed by atoms with Crippen LogP contribution in [0.15, 0.2) is 16.8 Å². The minimum atomic E-state index is -0.0521. The van der Waals surface area contributed by atoms with Gasteiger partial charge >= 0.3 is 0 Å². The van der Waals surface area contributed by atoms with Crippen molar-refractivity contribution in [1.82, 2.24) is 14.9 Å². The van der Waals surface area contributed by atoms with Crippen molar-refractivity contribution in [2.24, 2.45) is 0 Å². The standard InChI is InChI=1S/C12H15N3OS2/c1-2-3-10-11(18-15-14-10)12(16)13-6-4-9-5-7-17-8-9/h5,7-8H,2-4,6H2,1H3,(H,13,16). The number of thiophene rings is 1. The van der Waals surface area contributed by atoms with Crippen LogP contribution < -0.4 is 5.32 Å². The molecular weight excluding hydrogens is 266 g/mol. The first kappa shape index (κ1) is 13.2. The van der Waals surface area contributed by atoms with Gasteiger partial charge in [0.25, 0.3) is 5.91 Å². The maximum Gasteiger partial charge on any atom is 0.264 e. The van der Waals surface area contributed by atoms with Crippen LogP contribution in [0, 0.1) is 0 Å². The van der Waals surface area contributed by atoms with Crippen LogP contribution in [0.25, 0.3) is 0 Å². The molecule has 2 aromatic rings. The topological polar surface area (TPSA) is 54.9 Å². The first-order chi connectivity index (χ1) is 8.81. The molecule has 2 rings (SSSR count). The summed E-state index contributed by atoms with van der Waals surface area (Å²) in [4.78, 5) is 12.6. The minimum Gasteiger partial charge on any atom is -0.351 e. The van der Waals surface area contributed by atoms with E-state index in [0.717, 1.165) is 25.0 Å². The van der Waals surface area contributed by atoms with Crippen molar-refractivity contribution >= 4 is 28.8 Å². The van der Waals surface area contributed by atoms with E-state index in [0.29, 0.717) is 11.4 Å². The molecule has 1 amide bonds. The van der Waals surface area contributed by atoms with Crippen molar-refractivity contribution in [2.45, 2.75) is 26.2 Å². The number of nitrogens with one attached hydrogen (secondary N) is 1. The molecule has 0 aliphatic rings. The molecule has 0 bridgehead atoms. The van der Waals surface area contributed by atoms with Gasteiger partial charge in [0.2, 0.25) is 0 Å². The van der Waals surface area contributed by atoms with Crippen LogP contribution in [0.4, 0.5) is 0 Å². The molecule has 0 spiro atoms. The molecule has 0 radical (unpaired) electrons. The molecule has 96 valence electrons. The van der Waals surface area contributed by atoms with Crippen molar-refractivity contribution in [3.8, 4) is 0 Å². The Balaban J connectivity index is 1.85. The van der Waals surface area contributed by atoms with Crippen molar-refractivity contribution < 1.29 is 4.79 Å². The Bertz CT molecular complexity index is 493. The van der Waals surface area contributed by atoms with Gasteiger partial charge in [-0.1, -0.05) is 17.8 Å². The highest BCUT2D eigenvalue weighted by atomic mass is 32.1. The van der Waals surface area contributed by atoms with Crippen molar-refractivity contribution in [3.63, 3.8) is 0 Å². The Kier molecular flexibility index (Phi) is 4.83. The zero-order chi connectivity index (χ0) is 12.8. The lowest BCUT2D eigenvalue weighted by molar-refractivity contribution is 0.0957. The Morgan fingerprint density at radius 1 is 1.44 bits per heavy atom. The number of amides is 1. The molecule has 0 fully saturated rings. The smallest absolute Gasteiger partial charge is 0.264 e. The first-order valence-corrected chi connectivity index (χ1v) is 7.63. The molecule has 0 unspecified atom stereocenters. The van der Waals surface area contributed by atoms with Gasteiger partial charge in [-0.15, -0.1) is 5.10 Å². The second-order valence-corrected chi connectivity index (χ2v) is 5.47. The van der Waals surface area contributed by atoms with Gasteiger partial charge in [0.05, 0.1) is 5.69 Å². The third-order valence-electron chi connectivity index (χ3n) is 2.53. The fraction of sp³-hybridized carbons (Fsp3) is 0.417. The Hall–Kier alpha value is -1.27. The molecule has 0 atom stereocenters. The van der Waals surface area contributed by atoms with E-state index in [2.05, 4.69) is 33.3 Å². The number of hydrogen-bond donors (Lipinski definition) is 1. The van der Waals surface area contributed by atoms with E-state index in [-0.39, 0.29) is 5.91 Å². The molecule has 6 heteroatoms. The summed E-state index contributed by atoms with van der Waals surface area (Å²) >= 11 is 2.85. The molecular formula is C12H15N3OS2. The fourth-order valence-electron chi connectivity index (χ4n) is 1.62. The lowest BCUT2D eigenvalue weighted by atomic mass is 10.2. The molecule has 0 saturated carbocycles. The van der Waals surface area contributed by atoms with E-state index < -0.39 is 0 Å². The molecule has 18 heavy (non-hydrogen) atoms. The zero-order valence-electron chi connectivity index (χ0n) is 10.2. The summed E-state index contributed by atoms with van der Waals surface area (Å²) in [6.45, 7) is 2.72. The second kappa shape index (κ2) is 6.61. The summed E-state index contributed by atoms with van der Waals surface area (Å²) < 4.78 is 3.85. The maximum absolute atomic E-state index is 12.0. The molecule has 2 heterocycles. The lowest BCUT2D eigenvalue weighted by Gasteiger charge is -2.03. The number of rotatable bonds is 6. The van der Waals surface area contributed by atoms with Crippen LogP contribution >= 0.6 is 22.9 Å². The summed E-state index contributed by atoms with van der Waals surface area (Å²) in [6.07, 6.45) is 2.65. The number of aryl methyl sites for hydroxylation is 1. The van der Waals surface area contributed by atoms with Crippen LogP contribution in [-0.2, 0) is 12.8 Å². The van der Waals surface area contributed by atoms with Gasteiger partial charge in [-0.05, 0) is 46.8 Å². The van der Waals surface area contributed by atoms with Crippen molar-refractivity contribution in [3.05, 3.63) is 33.0 Å². The number of carbonyl (C=O) groups is 1. The van der Waals surface area contributed by atoms with Gasteiger partial charge in [0.1, 0.15) is 4.88 Å². The highest BCUT2D eigenvalue weighted by Gasteiger charge is 2.14. The minimum absolute atomic E-state index is 0.0521. The molecule has 2 aromatic heterocycles. The first-order valence-electron chi connectivity index (χ1n) is 5.91. The van der Waals surface area contributed by atoms with Crippen LogP contribution in [0.1, 0.15) is 34.3 Å². The number of aromatic nitrogens is 2. The Morgan fingerprint density at radius 2 is 2.33 bits per heavy atom. The fourth-order valence-corrected chi connectivity index (χ4v) is 2.94. The summed E-state index contributed by atoms with van der Waals surface area (Å²) in [5.74, 6) is -0.0521. The van der Waals surface area contributed by atoms with Crippen molar-refractivity contribution in [2.75, 3.05) is 6.54 Å². The monoisotopic (exact) mass is 281 g/mol. The average Bonchev–Trinajstić information content (AvgIpc) is 3.00. The summed E-state index contributed by atoms with van der Waals surface area (Å²) in [6, 6.07) is 2.08. The van der Waals surface area contributed by atoms with E-state index in [1.54, 1.807) is 11.3 Å². The quantitative estimate of drug-likeness (QED) is 0.885. The SMILES string of the molecule is CCCc1nnsc1C(=O)NCCc1ccsc1. The van der Waals surface area contributed by atoms with E-state index in [1.165, 1.54) is 17.1 Å². The Labute approximate surface area is 114 Å². The van der Waals surface area contributed by atoms with Crippen molar-refractivity contribution in [1.29, 1.82) is 0 Å².